The van der Waals surface area contributed by atoms with E-state index in [9.17, 15) is 4.79 Å². The Morgan fingerprint density at radius 1 is 1.38 bits per heavy atom. The maximum Gasteiger partial charge on any atom is 0.243 e. The molecule has 2 heterocycles. The van der Waals surface area contributed by atoms with E-state index in [-0.39, 0.29) is 36.4 Å². The summed E-state index contributed by atoms with van der Waals surface area (Å²) in [6, 6.07) is 2.12. The molecule has 0 spiro atoms. The van der Waals surface area contributed by atoms with Gasteiger partial charge in [0.25, 0.3) is 0 Å². The van der Waals surface area contributed by atoms with Crippen molar-refractivity contribution in [3.63, 3.8) is 0 Å². The normalized spacial score (nSPS) is 15.0. The summed E-state index contributed by atoms with van der Waals surface area (Å²) in [6.45, 7) is 6.19. The minimum atomic E-state index is -0.0317. The van der Waals surface area contributed by atoms with Gasteiger partial charge in [-0.15, -0.1) is 30.6 Å². The topological polar surface area (TPSA) is 85.8 Å². The van der Waals surface area contributed by atoms with Crippen LogP contribution >= 0.6 is 24.0 Å². The van der Waals surface area contributed by atoms with Crippen molar-refractivity contribution in [2.24, 2.45) is 4.99 Å². The molecule has 1 aromatic heterocycles. The zero-order chi connectivity index (χ0) is 18.1. The molecule has 1 fully saturated rings. The molecular formula is C17H28IN7O. The van der Waals surface area contributed by atoms with Crippen molar-refractivity contribution < 1.29 is 4.79 Å². The van der Waals surface area contributed by atoms with Gasteiger partial charge in [0.05, 0.1) is 0 Å². The summed E-state index contributed by atoms with van der Waals surface area (Å²) in [5.74, 6) is 1.39. The van der Waals surface area contributed by atoms with Gasteiger partial charge in [0.2, 0.25) is 11.9 Å². The summed E-state index contributed by atoms with van der Waals surface area (Å²) in [6.07, 6.45) is 7.19. The van der Waals surface area contributed by atoms with Crippen LogP contribution in [0.5, 0.6) is 0 Å². The summed E-state index contributed by atoms with van der Waals surface area (Å²) in [7, 11) is 3.45. The monoisotopic (exact) mass is 473 g/mol. The number of anilines is 1. The molecule has 0 aliphatic carbocycles. The van der Waals surface area contributed by atoms with Crippen LogP contribution in [-0.4, -0.2) is 73.1 Å². The Balaban J connectivity index is 0.00000338. The highest BCUT2D eigenvalue weighted by atomic mass is 127. The van der Waals surface area contributed by atoms with Crippen molar-refractivity contribution in [3.05, 3.63) is 31.1 Å². The first-order chi connectivity index (χ1) is 12.1. The van der Waals surface area contributed by atoms with Crippen molar-refractivity contribution in [2.45, 2.75) is 18.9 Å². The Kier molecular flexibility index (Phi) is 9.92. The minimum Gasteiger partial charge on any atom is -0.354 e. The van der Waals surface area contributed by atoms with Crippen LogP contribution in [0, 0.1) is 0 Å². The van der Waals surface area contributed by atoms with E-state index in [0.29, 0.717) is 18.5 Å². The number of rotatable bonds is 6. The van der Waals surface area contributed by atoms with E-state index in [0.717, 1.165) is 31.9 Å². The summed E-state index contributed by atoms with van der Waals surface area (Å²) in [5.41, 5.74) is 0. The fourth-order valence-electron chi connectivity index (χ4n) is 2.48. The second-order valence-electron chi connectivity index (χ2n) is 6.08. The Labute approximate surface area is 172 Å². The minimum absolute atomic E-state index is 0. The number of nitrogens with zero attached hydrogens (tertiary/aromatic N) is 5. The molecule has 0 bridgehead atoms. The number of guanidine groups is 1. The number of aromatic nitrogens is 2. The number of likely N-dealkylation sites (N-methyl/N-ethyl adjacent to an activating group) is 1. The van der Waals surface area contributed by atoms with E-state index in [2.05, 4.69) is 37.1 Å². The number of halogens is 1. The van der Waals surface area contributed by atoms with Crippen LogP contribution in [-0.2, 0) is 4.79 Å². The van der Waals surface area contributed by atoms with E-state index in [4.69, 9.17) is 0 Å². The Morgan fingerprint density at radius 3 is 2.62 bits per heavy atom. The molecular weight excluding hydrogens is 445 g/mol. The van der Waals surface area contributed by atoms with Crippen molar-refractivity contribution in [3.8, 4) is 0 Å². The van der Waals surface area contributed by atoms with E-state index in [1.165, 1.54) is 4.90 Å². The maximum absolute atomic E-state index is 11.7. The molecule has 144 valence electrons. The lowest BCUT2D eigenvalue weighted by atomic mass is 10.1. The molecule has 1 aliphatic rings. The van der Waals surface area contributed by atoms with Crippen molar-refractivity contribution in [2.75, 3.05) is 45.2 Å². The molecule has 26 heavy (non-hydrogen) atoms. The standard InChI is InChI=1S/C17H27N7O.HI/c1-4-8-18-16(21-13-15(25)23(2)3)22-14-6-11-24(12-7-14)17-19-9-5-10-20-17;/h4-5,9-10,14H,1,6-8,11-13H2,2-3H3,(H2,18,21,22);1H. The van der Waals surface area contributed by atoms with Gasteiger partial charge in [-0.3, -0.25) is 4.79 Å². The Hall–Kier alpha value is -1.91. The largest absolute Gasteiger partial charge is 0.354 e. The molecule has 0 unspecified atom stereocenters. The molecule has 0 aromatic carbocycles. The second-order valence-corrected chi connectivity index (χ2v) is 6.08. The van der Waals surface area contributed by atoms with Gasteiger partial charge < -0.3 is 20.4 Å². The molecule has 9 heteroatoms. The van der Waals surface area contributed by atoms with Gasteiger partial charge in [0.15, 0.2) is 5.96 Å². The molecule has 2 rings (SSSR count). The Bertz CT molecular complexity index is 586. The number of piperidine rings is 1. The predicted molar refractivity (Wildman–Crippen MR) is 115 cm³/mol. The number of hydrogen-bond donors (Lipinski definition) is 2. The van der Waals surface area contributed by atoms with Crippen molar-refractivity contribution >= 4 is 41.8 Å². The highest BCUT2D eigenvalue weighted by molar-refractivity contribution is 14.0. The quantitative estimate of drug-likeness (QED) is 0.276. The van der Waals surface area contributed by atoms with Gasteiger partial charge in [-0.1, -0.05) is 6.08 Å². The van der Waals surface area contributed by atoms with Crippen LogP contribution in [0.25, 0.3) is 0 Å². The first kappa shape index (κ1) is 22.1. The molecule has 1 aromatic rings. The van der Waals surface area contributed by atoms with Crippen LogP contribution in [0.15, 0.2) is 36.1 Å². The fraction of sp³-hybridized carbons (Fsp3) is 0.529. The number of carbonyl (C=O) groups excluding carboxylic acids is 1. The lowest BCUT2D eigenvalue weighted by molar-refractivity contribution is -0.127. The predicted octanol–water partition coefficient (Wildman–Crippen LogP) is 0.873. The van der Waals surface area contributed by atoms with Gasteiger partial charge in [0.1, 0.15) is 6.54 Å². The van der Waals surface area contributed by atoms with E-state index in [1.807, 2.05) is 6.07 Å². The summed E-state index contributed by atoms with van der Waals surface area (Å²) in [4.78, 5) is 28.4. The molecule has 2 N–H and O–H groups in total. The van der Waals surface area contributed by atoms with Gasteiger partial charge in [-0.05, 0) is 18.9 Å². The third-order valence-corrected chi connectivity index (χ3v) is 3.96. The van der Waals surface area contributed by atoms with Gasteiger partial charge >= 0.3 is 0 Å². The fourth-order valence-corrected chi connectivity index (χ4v) is 2.48. The third kappa shape index (κ3) is 7.14. The molecule has 0 saturated carbocycles. The maximum atomic E-state index is 11.7. The molecule has 1 amide bonds. The van der Waals surface area contributed by atoms with E-state index in [1.54, 1.807) is 32.6 Å². The zero-order valence-electron chi connectivity index (χ0n) is 15.4. The zero-order valence-corrected chi connectivity index (χ0v) is 17.7. The molecule has 1 saturated heterocycles. The summed E-state index contributed by atoms with van der Waals surface area (Å²) >= 11 is 0. The van der Waals surface area contributed by atoms with E-state index >= 15 is 0 Å². The Morgan fingerprint density at radius 2 is 2.04 bits per heavy atom. The smallest absolute Gasteiger partial charge is 0.243 e. The number of aliphatic imine (C=N–C) groups is 1. The van der Waals surface area contributed by atoms with Crippen molar-refractivity contribution in [1.29, 1.82) is 0 Å². The summed E-state index contributed by atoms with van der Waals surface area (Å²) in [5, 5.41) is 6.58. The SMILES string of the molecule is C=CCNC(=NCC(=O)N(C)C)NC1CCN(c2ncccn2)CC1.I. The van der Waals surface area contributed by atoms with Gasteiger partial charge in [-0.25, -0.2) is 15.0 Å². The lowest BCUT2D eigenvalue weighted by Crippen LogP contribution is -2.49. The van der Waals surface area contributed by atoms with E-state index < -0.39 is 0 Å². The third-order valence-electron chi connectivity index (χ3n) is 3.96. The van der Waals surface area contributed by atoms with Crippen LogP contribution in [0.3, 0.4) is 0 Å². The van der Waals surface area contributed by atoms with Gasteiger partial charge in [0, 0.05) is 52.2 Å². The lowest BCUT2D eigenvalue weighted by Gasteiger charge is -2.33. The number of hydrogen-bond acceptors (Lipinski definition) is 5. The molecule has 8 nitrogen and oxygen atoms in total. The van der Waals surface area contributed by atoms with Crippen LogP contribution in [0.2, 0.25) is 0 Å². The molecule has 0 atom stereocenters. The molecule has 0 radical (unpaired) electrons. The number of nitrogens with one attached hydrogen (secondary N) is 2. The number of carbonyl (C=O) groups is 1. The number of amides is 1. The highest BCUT2D eigenvalue weighted by Gasteiger charge is 2.21. The van der Waals surface area contributed by atoms with Crippen LogP contribution < -0.4 is 15.5 Å². The first-order valence-electron chi connectivity index (χ1n) is 8.48. The average Bonchev–Trinajstić information content (AvgIpc) is 2.64. The van der Waals surface area contributed by atoms with Crippen LogP contribution in [0.1, 0.15) is 12.8 Å². The molecule has 1 aliphatic heterocycles. The highest BCUT2D eigenvalue weighted by Crippen LogP contribution is 2.15. The van der Waals surface area contributed by atoms with Crippen LogP contribution in [0.4, 0.5) is 5.95 Å². The van der Waals surface area contributed by atoms with Crippen molar-refractivity contribution in [1.82, 2.24) is 25.5 Å². The second kappa shape index (κ2) is 11.7. The van der Waals surface area contributed by atoms with Gasteiger partial charge in [-0.2, -0.15) is 0 Å². The summed E-state index contributed by atoms with van der Waals surface area (Å²) < 4.78 is 0. The average molecular weight is 473 g/mol. The first-order valence-corrected chi connectivity index (χ1v) is 8.48.